The molecule has 0 aliphatic heterocycles. The lowest BCUT2D eigenvalue weighted by molar-refractivity contribution is 0.475. The zero-order valence-corrected chi connectivity index (χ0v) is 13.2. The fraction of sp³-hybridized carbons (Fsp3) is 0.294. The van der Waals surface area contributed by atoms with Crippen molar-refractivity contribution >= 4 is 15.9 Å². The number of nitrogens with one attached hydrogen (secondary N) is 1. The Hall–Kier alpha value is -1.32. The van der Waals surface area contributed by atoms with E-state index in [1.54, 1.807) is 12.1 Å². The highest BCUT2D eigenvalue weighted by atomic mass is 79.9. The summed E-state index contributed by atoms with van der Waals surface area (Å²) in [5.74, 6) is 0.758. The second-order valence-corrected chi connectivity index (χ2v) is 5.84. The maximum atomic E-state index is 9.36. The molecule has 0 saturated carbocycles. The molecule has 1 atom stereocenters. The Bertz CT molecular complexity index is 522. The number of benzene rings is 2. The summed E-state index contributed by atoms with van der Waals surface area (Å²) < 4.78 is 1.10. The van der Waals surface area contributed by atoms with Gasteiger partial charge >= 0.3 is 0 Å². The van der Waals surface area contributed by atoms with E-state index >= 15 is 0 Å². The molecule has 2 aromatic carbocycles. The first-order chi connectivity index (χ1) is 9.69. The Morgan fingerprint density at radius 1 is 1.05 bits per heavy atom. The van der Waals surface area contributed by atoms with Crippen LogP contribution in [0.25, 0.3) is 0 Å². The number of hydrogen-bond donors (Lipinski definition) is 2. The van der Waals surface area contributed by atoms with Crippen LogP contribution < -0.4 is 5.32 Å². The number of rotatable bonds is 6. The van der Waals surface area contributed by atoms with Crippen LogP contribution in [0.5, 0.6) is 5.75 Å². The SMILES string of the molecule is CCNCC(Cc1ccc(O)cc1)c1ccc(Br)cc1. The van der Waals surface area contributed by atoms with E-state index in [2.05, 4.69) is 52.4 Å². The lowest BCUT2D eigenvalue weighted by Gasteiger charge is -2.18. The summed E-state index contributed by atoms with van der Waals surface area (Å²) in [5, 5.41) is 12.8. The van der Waals surface area contributed by atoms with Gasteiger partial charge in [0.15, 0.2) is 0 Å². The highest BCUT2D eigenvalue weighted by molar-refractivity contribution is 9.10. The van der Waals surface area contributed by atoms with Gasteiger partial charge in [-0.05, 0) is 48.4 Å². The van der Waals surface area contributed by atoms with E-state index < -0.39 is 0 Å². The first kappa shape index (κ1) is 15.1. The molecule has 0 spiro atoms. The molecule has 106 valence electrons. The van der Waals surface area contributed by atoms with Gasteiger partial charge in [0.2, 0.25) is 0 Å². The minimum Gasteiger partial charge on any atom is -0.508 e. The molecule has 1 unspecified atom stereocenters. The lowest BCUT2D eigenvalue weighted by Crippen LogP contribution is -2.22. The zero-order valence-electron chi connectivity index (χ0n) is 11.6. The van der Waals surface area contributed by atoms with E-state index in [0.717, 1.165) is 24.0 Å². The Kier molecular flexibility index (Phi) is 5.62. The monoisotopic (exact) mass is 333 g/mol. The Labute approximate surface area is 129 Å². The molecule has 2 rings (SSSR count). The maximum absolute atomic E-state index is 9.36. The van der Waals surface area contributed by atoms with Crippen molar-refractivity contribution in [1.29, 1.82) is 0 Å². The molecule has 0 aliphatic carbocycles. The van der Waals surface area contributed by atoms with Crippen molar-refractivity contribution in [2.45, 2.75) is 19.3 Å². The fourth-order valence-corrected chi connectivity index (χ4v) is 2.54. The van der Waals surface area contributed by atoms with E-state index in [-0.39, 0.29) is 0 Å². The number of halogens is 1. The zero-order chi connectivity index (χ0) is 14.4. The predicted molar refractivity (Wildman–Crippen MR) is 87.2 cm³/mol. The molecular formula is C17H20BrNO. The third-order valence-corrected chi connectivity index (χ3v) is 3.93. The van der Waals surface area contributed by atoms with Gasteiger partial charge in [-0.3, -0.25) is 0 Å². The van der Waals surface area contributed by atoms with Gasteiger partial charge in [-0.25, -0.2) is 0 Å². The Balaban J connectivity index is 2.14. The first-order valence-corrected chi connectivity index (χ1v) is 7.72. The molecule has 2 aromatic rings. The molecule has 0 fully saturated rings. The van der Waals surface area contributed by atoms with E-state index in [1.165, 1.54) is 11.1 Å². The number of phenols is 1. The van der Waals surface area contributed by atoms with Crippen LogP contribution >= 0.6 is 15.9 Å². The molecule has 0 aromatic heterocycles. The van der Waals surface area contributed by atoms with Crippen LogP contribution in [-0.4, -0.2) is 18.2 Å². The molecule has 2 nitrogen and oxygen atoms in total. The van der Waals surface area contributed by atoms with Crippen molar-refractivity contribution in [1.82, 2.24) is 5.32 Å². The van der Waals surface area contributed by atoms with Crippen molar-refractivity contribution in [2.24, 2.45) is 0 Å². The first-order valence-electron chi connectivity index (χ1n) is 6.93. The fourth-order valence-electron chi connectivity index (χ4n) is 2.28. The molecule has 0 bridgehead atoms. The third-order valence-electron chi connectivity index (χ3n) is 3.40. The minimum atomic E-state index is 0.320. The van der Waals surface area contributed by atoms with Crippen LogP contribution in [0.1, 0.15) is 24.0 Å². The number of aromatic hydroxyl groups is 1. The average Bonchev–Trinajstić information content (AvgIpc) is 2.46. The summed E-state index contributed by atoms with van der Waals surface area (Å²) in [7, 11) is 0. The van der Waals surface area contributed by atoms with Gasteiger partial charge in [-0.15, -0.1) is 0 Å². The van der Waals surface area contributed by atoms with Crippen LogP contribution in [0.15, 0.2) is 53.0 Å². The van der Waals surface area contributed by atoms with Crippen molar-refractivity contribution in [3.05, 3.63) is 64.1 Å². The second-order valence-electron chi connectivity index (χ2n) is 4.93. The van der Waals surface area contributed by atoms with E-state index in [4.69, 9.17) is 0 Å². The number of phenolic OH excluding ortho intramolecular Hbond substituents is 1. The van der Waals surface area contributed by atoms with E-state index in [1.807, 2.05) is 12.1 Å². The topological polar surface area (TPSA) is 32.3 Å². The van der Waals surface area contributed by atoms with Crippen LogP contribution in [0.4, 0.5) is 0 Å². The number of hydrogen-bond acceptors (Lipinski definition) is 2. The summed E-state index contributed by atoms with van der Waals surface area (Å²) in [6, 6.07) is 16.0. The van der Waals surface area contributed by atoms with E-state index in [9.17, 15) is 5.11 Å². The van der Waals surface area contributed by atoms with Crippen LogP contribution in [-0.2, 0) is 6.42 Å². The molecule has 0 radical (unpaired) electrons. The predicted octanol–water partition coefficient (Wildman–Crippen LogP) is 4.09. The molecule has 0 saturated heterocycles. The van der Waals surface area contributed by atoms with Crippen LogP contribution in [0.2, 0.25) is 0 Å². The minimum absolute atomic E-state index is 0.320. The van der Waals surface area contributed by atoms with Gasteiger partial charge in [-0.1, -0.05) is 47.1 Å². The maximum Gasteiger partial charge on any atom is 0.115 e. The highest BCUT2D eigenvalue weighted by Gasteiger charge is 2.12. The molecule has 3 heteroatoms. The number of likely N-dealkylation sites (N-methyl/N-ethyl adjacent to an activating group) is 1. The second kappa shape index (κ2) is 7.46. The van der Waals surface area contributed by atoms with Crippen molar-refractivity contribution in [3.8, 4) is 5.75 Å². The normalized spacial score (nSPS) is 12.3. The summed E-state index contributed by atoms with van der Waals surface area (Å²) >= 11 is 3.48. The standard InChI is InChI=1S/C17H20BrNO/c1-2-19-12-15(14-5-7-16(18)8-6-14)11-13-3-9-17(20)10-4-13/h3-10,15,19-20H,2,11-12H2,1H3. The summed E-state index contributed by atoms with van der Waals surface area (Å²) in [6.07, 6.45) is 0.967. The Morgan fingerprint density at radius 2 is 1.70 bits per heavy atom. The van der Waals surface area contributed by atoms with Crippen LogP contribution in [0.3, 0.4) is 0 Å². The van der Waals surface area contributed by atoms with Gasteiger partial charge in [0.05, 0.1) is 0 Å². The van der Waals surface area contributed by atoms with Crippen molar-refractivity contribution in [3.63, 3.8) is 0 Å². The molecule has 20 heavy (non-hydrogen) atoms. The summed E-state index contributed by atoms with van der Waals surface area (Å²) in [5.41, 5.74) is 2.58. The van der Waals surface area contributed by atoms with Gasteiger partial charge in [0, 0.05) is 16.9 Å². The highest BCUT2D eigenvalue weighted by Crippen LogP contribution is 2.23. The Morgan fingerprint density at radius 3 is 2.30 bits per heavy atom. The van der Waals surface area contributed by atoms with Crippen molar-refractivity contribution in [2.75, 3.05) is 13.1 Å². The molecule has 0 heterocycles. The third kappa shape index (κ3) is 4.36. The molecule has 2 N–H and O–H groups in total. The summed E-state index contributed by atoms with van der Waals surface area (Å²) in [6.45, 7) is 4.06. The molecular weight excluding hydrogens is 314 g/mol. The van der Waals surface area contributed by atoms with Gasteiger partial charge in [-0.2, -0.15) is 0 Å². The van der Waals surface area contributed by atoms with Gasteiger partial charge in [0.1, 0.15) is 5.75 Å². The largest absolute Gasteiger partial charge is 0.508 e. The lowest BCUT2D eigenvalue weighted by atomic mass is 9.92. The van der Waals surface area contributed by atoms with Gasteiger partial charge in [0.25, 0.3) is 0 Å². The quantitative estimate of drug-likeness (QED) is 0.834. The average molecular weight is 334 g/mol. The van der Waals surface area contributed by atoms with Gasteiger partial charge < -0.3 is 10.4 Å². The summed E-state index contributed by atoms with van der Waals surface area (Å²) in [4.78, 5) is 0. The van der Waals surface area contributed by atoms with Crippen molar-refractivity contribution < 1.29 is 5.11 Å². The smallest absolute Gasteiger partial charge is 0.115 e. The van der Waals surface area contributed by atoms with Crippen LogP contribution in [0, 0.1) is 0 Å². The molecule has 0 amide bonds. The van der Waals surface area contributed by atoms with E-state index in [0.29, 0.717) is 11.7 Å². The molecule has 0 aliphatic rings.